The normalized spacial score (nSPS) is 11.3. The summed E-state index contributed by atoms with van der Waals surface area (Å²) in [7, 11) is 3.44. The Hall–Kier alpha value is -1.68. The lowest BCUT2D eigenvalue weighted by atomic mass is 10.1. The highest BCUT2D eigenvalue weighted by Crippen LogP contribution is 2.13. The lowest BCUT2D eigenvalue weighted by molar-refractivity contribution is 0.182. The highest BCUT2D eigenvalue weighted by Gasteiger charge is 2.12. The number of nitrogens with zero attached hydrogens (tertiary/aromatic N) is 3. The predicted octanol–water partition coefficient (Wildman–Crippen LogP) is 3.12. The van der Waals surface area contributed by atoms with Crippen molar-refractivity contribution in [2.75, 3.05) is 27.3 Å². The molecule has 0 aliphatic rings. The fourth-order valence-electron chi connectivity index (χ4n) is 3.03. The molecule has 0 amide bonds. The third-order valence-corrected chi connectivity index (χ3v) is 4.69. The van der Waals surface area contributed by atoms with E-state index < -0.39 is 0 Å². The molecule has 2 aromatic rings. The van der Waals surface area contributed by atoms with Crippen LogP contribution in [0.2, 0.25) is 0 Å². The Morgan fingerprint density at radius 1 is 1.25 bits per heavy atom. The fourth-order valence-corrected chi connectivity index (χ4v) is 3.03. The standard InChI is InChI=1S/C20H30FN5O.HI/c1-14-12-18(21)7-6-17(14)8-9-23-20(22-4)24-13-19-15(2)25-26(16(19)3)10-11-27-5;/h6-7,12H,8-11,13H2,1-5H3,(H2,22,23,24);1H. The molecule has 6 nitrogen and oxygen atoms in total. The molecule has 1 aromatic carbocycles. The molecule has 0 spiro atoms. The van der Waals surface area contributed by atoms with Crippen LogP contribution in [0.25, 0.3) is 0 Å². The third-order valence-electron chi connectivity index (χ3n) is 4.69. The number of hydrogen-bond acceptors (Lipinski definition) is 3. The Morgan fingerprint density at radius 2 is 2.00 bits per heavy atom. The van der Waals surface area contributed by atoms with Crippen LogP contribution in [0.15, 0.2) is 23.2 Å². The van der Waals surface area contributed by atoms with Gasteiger partial charge in [-0.1, -0.05) is 6.07 Å². The molecular formula is C20H31FIN5O. The van der Waals surface area contributed by atoms with Gasteiger partial charge in [0.25, 0.3) is 0 Å². The van der Waals surface area contributed by atoms with Crippen LogP contribution in [-0.2, 0) is 24.2 Å². The van der Waals surface area contributed by atoms with Crippen molar-refractivity contribution in [2.45, 2.75) is 40.3 Å². The molecule has 1 aromatic heterocycles. The van der Waals surface area contributed by atoms with Crippen LogP contribution in [-0.4, -0.2) is 43.0 Å². The summed E-state index contributed by atoms with van der Waals surface area (Å²) >= 11 is 0. The number of rotatable bonds is 8. The molecule has 8 heteroatoms. The van der Waals surface area contributed by atoms with Crippen molar-refractivity contribution >= 4 is 29.9 Å². The van der Waals surface area contributed by atoms with Crippen molar-refractivity contribution in [2.24, 2.45) is 4.99 Å². The molecule has 1 heterocycles. The Balaban J connectivity index is 0.00000392. The average Bonchev–Trinajstić information content (AvgIpc) is 2.91. The number of ether oxygens (including phenoxy) is 1. The lowest BCUT2D eigenvalue weighted by Crippen LogP contribution is -2.38. The molecule has 0 radical (unpaired) electrons. The topological polar surface area (TPSA) is 63.5 Å². The number of halogens is 2. The van der Waals surface area contributed by atoms with E-state index >= 15 is 0 Å². The molecule has 28 heavy (non-hydrogen) atoms. The van der Waals surface area contributed by atoms with Crippen LogP contribution < -0.4 is 10.6 Å². The van der Waals surface area contributed by atoms with Crippen LogP contribution in [0.4, 0.5) is 4.39 Å². The van der Waals surface area contributed by atoms with Crippen molar-refractivity contribution in [3.63, 3.8) is 0 Å². The van der Waals surface area contributed by atoms with E-state index in [1.165, 1.54) is 11.6 Å². The van der Waals surface area contributed by atoms with Crippen LogP contribution in [0.5, 0.6) is 0 Å². The average molecular weight is 503 g/mol. The van der Waals surface area contributed by atoms with Crippen molar-refractivity contribution in [1.29, 1.82) is 0 Å². The van der Waals surface area contributed by atoms with Gasteiger partial charge in [-0.05, 0) is 50.5 Å². The van der Waals surface area contributed by atoms with E-state index in [1.54, 1.807) is 20.2 Å². The first-order valence-corrected chi connectivity index (χ1v) is 9.17. The highest BCUT2D eigenvalue weighted by molar-refractivity contribution is 14.0. The SMILES string of the molecule is CN=C(NCCc1ccc(F)cc1C)NCc1c(C)nn(CCOC)c1C.I. The first-order chi connectivity index (χ1) is 13.0. The number of guanidine groups is 1. The first kappa shape index (κ1) is 24.4. The molecule has 0 bridgehead atoms. The zero-order valence-corrected chi connectivity index (χ0v) is 19.6. The second-order valence-electron chi connectivity index (χ2n) is 6.54. The van der Waals surface area contributed by atoms with Gasteiger partial charge < -0.3 is 15.4 Å². The highest BCUT2D eigenvalue weighted by atomic mass is 127. The minimum Gasteiger partial charge on any atom is -0.383 e. The maximum atomic E-state index is 13.2. The van der Waals surface area contributed by atoms with Gasteiger partial charge in [0.2, 0.25) is 0 Å². The maximum Gasteiger partial charge on any atom is 0.191 e. The Morgan fingerprint density at radius 3 is 2.64 bits per heavy atom. The van der Waals surface area contributed by atoms with Gasteiger partial charge in [0.05, 0.1) is 18.8 Å². The van der Waals surface area contributed by atoms with Crippen LogP contribution in [0.3, 0.4) is 0 Å². The molecule has 2 rings (SSSR count). The lowest BCUT2D eigenvalue weighted by Gasteiger charge is -2.13. The quantitative estimate of drug-likeness (QED) is 0.330. The van der Waals surface area contributed by atoms with Gasteiger partial charge in [-0.3, -0.25) is 9.67 Å². The molecule has 156 valence electrons. The fraction of sp³-hybridized carbons (Fsp3) is 0.500. The molecular weight excluding hydrogens is 472 g/mol. The molecule has 0 saturated heterocycles. The van der Waals surface area contributed by atoms with E-state index in [0.717, 1.165) is 48.0 Å². The molecule has 0 aliphatic heterocycles. The molecule has 0 unspecified atom stereocenters. The number of hydrogen-bond donors (Lipinski definition) is 2. The summed E-state index contributed by atoms with van der Waals surface area (Å²) < 4.78 is 20.3. The summed E-state index contributed by atoms with van der Waals surface area (Å²) in [4.78, 5) is 4.27. The van der Waals surface area contributed by atoms with E-state index in [1.807, 2.05) is 24.6 Å². The maximum absolute atomic E-state index is 13.2. The first-order valence-electron chi connectivity index (χ1n) is 9.17. The number of aromatic nitrogens is 2. The monoisotopic (exact) mass is 503 g/mol. The summed E-state index contributed by atoms with van der Waals surface area (Å²) in [6.45, 7) is 8.77. The van der Waals surface area contributed by atoms with Crippen molar-refractivity contribution in [3.8, 4) is 0 Å². The molecule has 0 aliphatic carbocycles. The molecule has 0 atom stereocenters. The van der Waals surface area contributed by atoms with Crippen LogP contribution >= 0.6 is 24.0 Å². The van der Waals surface area contributed by atoms with Crippen molar-refractivity contribution < 1.29 is 9.13 Å². The van der Waals surface area contributed by atoms with Gasteiger partial charge >= 0.3 is 0 Å². The van der Waals surface area contributed by atoms with Crippen LogP contribution in [0.1, 0.15) is 28.1 Å². The largest absolute Gasteiger partial charge is 0.383 e. The molecule has 0 fully saturated rings. The summed E-state index contributed by atoms with van der Waals surface area (Å²) in [5, 5.41) is 11.2. The Bertz CT molecular complexity index is 791. The van der Waals surface area contributed by atoms with Gasteiger partial charge in [-0.15, -0.1) is 24.0 Å². The minimum absolute atomic E-state index is 0. The summed E-state index contributed by atoms with van der Waals surface area (Å²) in [5.74, 6) is 0.539. The number of nitrogens with one attached hydrogen (secondary N) is 2. The summed E-state index contributed by atoms with van der Waals surface area (Å²) in [6, 6.07) is 4.90. The Labute approximate surface area is 184 Å². The third kappa shape index (κ3) is 6.73. The smallest absolute Gasteiger partial charge is 0.191 e. The van der Waals surface area contributed by atoms with Crippen LogP contribution in [0, 0.1) is 26.6 Å². The molecule has 0 saturated carbocycles. The number of aliphatic imine (C=N–C) groups is 1. The number of methoxy groups -OCH3 is 1. The zero-order chi connectivity index (χ0) is 19.8. The van der Waals surface area contributed by atoms with E-state index in [2.05, 4.69) is 27.6 Å². The number of benzene rings is 1. The van der Waals surface area contributed by atoms with Crippen molar-refractivity contribution in [1.82, 2.24) is 20.4 Å². The van der Waals surface area contributed by atoms with Gasteiger partial charge in [-0.25, -0.2) is 4.39 Å². The Kier molecular flexibility index (Phi) is 10.4. The van der Waals surface area contributed by atoms with Crippen molar-refractivity contribution in [3.05, 3.63) is 52.1 Å². The predicted molar refractivity (Wildman–Crippen MR) is 122 cm³/mol. The van der Waals surface area contributed by atoms with E-state index in [4.69, 9.17) is 4.74 Å². The number of aryl methyl sites for hydroxylation is 2. The minimum atomic E-state index is -0.196. The summed E-state index contributed by atoms with van der Waals surface area (Å²) in [6.07, 6.45) is 0.805. The van der Waals surface area contributed by atoms with E-state index in [9.17, 15) is 4.39 Å². The summed E-state index contributed by atoms with van der Waals surface area (Å²) in [5.41, 5.74) is 5.41. The van der Waals surface area contributed by atoms with Gasteiger partial charge in [0.1, 0.15) is 5.82 Å². The van der Waals surface area contributed by atoms with E-state index in [-0.39, 0.29) is 29.8 Å². The van der Waals surface area contributed by atoms with Gasteiger partial charge in [0.15, 0.2) is 5.96 Å². The van der Waals surface area contributed by atoms with Gasteiger partial charge in [0, 0.05) is 38.5 Å². The van der Waals surface area contributed by atoms with Gasteiger partial charge in [-0.2, -0.15) is 5.10 Å². The second-order valence-corrected chi connectivity index (χ2v) is 6.54. The second kappa shape index (κ2) is 12.0. The zero-order valence-electron chi connectivity index (χ0n) is 17.3. The molecule has 2 N–H and O–H groups in total. The van der Waals surface area contributed by atoms with E-state index in [0.29, 0.717) is 13.2 Å².